The molecule has 1 heterocycles. The Balaban J connectivity index is 1.67. The van der Waals surface area contributed by atoms with Gasteiger partial charge in [-0.3, -0.25) is 0 Å². The summed E-state index contributed by atoms with van der Waals surface area (Å²) in [5, 5.41) is 3.34. The number of thiazole rings is 1. The molecule has 0 aliphatic heterocycles. The molecule has 1 aromatic carbocycles. The number of ether oxygens (including phenoxy) is 1. The average Bonchev–Trinajstić information content (AvgIpc) is 2.91. The lowest BCUT2D eigenvalue weighted by Crippen LogP contribution is -2.15. The number of likely N-dealkylation sites (N-methyl/N-ethyl adjacent to an activating group) is 1. The van der Waals surface area contributed by atoms with Gasteiger partial charge < -0.3 is 10.1 Å². The summed E-state index contributed by atoms with van der Waals surface area (Å²) < 4.78 is 5.75. The first-order chi connectivity index (χ1) is 10.3. The summed E-state index contributed by atoms with van der Waals surface area (Å²) in [6.45, 7) is 7.70. The monoisotopic (exact) mass is 304 g/mol. The van der Waals surface area contributed by atoms with Gasteiger partial charge in [-0.1, -0.05) is 31.2 Å². The van der Waals surface area contributed by atoms with Crippen LogP contribution in [0.25, 0.3) is 0 Å². The maximum absolute atomic E-state index is 5.75. The van der Waals surface area contributed by atoms with Crippen LogP contribution in [-0.2, 0) is 24.2 Å². The number of nitrogens with zero attached hydrogens (tertiary/aromatic N) is 1. The van der Waals surface area contributed by atoms with Gasteiger partial charge >= 0.3 is 0 Å². The highest BCUT2D eigenvalue weighted by Gasteiger charge is 2.01. The second-order valence-electron chi connectivity index (χ2n) is 5.08. The molecule has 3 nitrogen and oxygen atoms in total. The van der Waals surface area contributed by atoms with Crippen molar-refractivity contribution >= 4 is 11.3 Å². The summed E-state index contributed by atoms with van der Waals surface area (Å²) in [6, 6.07) is 8.73. The van der Waals surface area contributed by atoms with Crippen molar-refractivity contribution < 1.29 is 4.74 Å². The molecule has 114 valence electrons. The van der Waals surface area contributed by atoms with Crippen LogP contribution in [0.3, 0.4) is 0 Å². The first kappa shape index (κ1) is 16.1. The smallest absolute Gasteiger partial charge is 0.0797 e. The zero-order chi connectivity index (χ0) is 14.9. The second kappa shape index (κ2) is 8.93. The minimum atomic E-state index is 0.686. The van der Waals surface area contributed by atoms with Gasteiger partial charge in [-0.2, -0.15) is 0 Å². The Morgan fingerprint density at radius 1 is 1.14 bits per heavy atom. The van der Waals surface area contributed by atoms with Gasteiger partial charge in [0.15, 0.2) is 0 Å². The summed E-state index contributed by atoms with van der Waals surface area (Å²) in [7, 11) is 0. The molecule has 0 saturated heterocycles. The fourth-order valence-corrected chi connectivity index (χ4v) is 2.90. The summed E-state index contributed by atoms with van der Waals surface area (Å²) in [4.78, 5) is 5.58. The summed E-state index contributed by atoms with van der Waals surface area (Å²) >= 11 is 1.71. The van der Waals surface area contributed by atoms with Crippen molar-refractivity contribution in [3.63, 3.8) is 0 Å². The van der Waals surface area contributed by atoms with E-state index in [-0.39, 0.29) is 0 Å². The van der Waals surface area contributed by atoms with E-state index in [0.717, 1.165) is 38.2 Å². The number of nitrogens with one attached hydrogen (secondary N) is 1. The topological polar surface area (TPSA) is 34.1 Å². The molecule has 0 atom stereocenters. The molecular formula is C17H24N2OS. The van der Waals surface area contributed by atoms with Crippen LogP contribution in [0.2, 0.25) is 0 Å². The molecular weight excluding hydrogens is 280 g/mol. The predicted octanol–water partition coefficient (Wildman–Crippen LogP) is 3.36. The Hall–Kier alpha value is -1.23. The van der Waals surface area contributed by atoms with E-state index < -0.39 is 0 Å². The molecule has 21 heavy (non-hydrogen) atoms. The molecule has 0 radical (unpaired) electrons. The third kappa shape index (κ3) is 5.58. The van der Waals surface area contributed by atoms with Crippen molar-refractivity contribution in [3.05, 3.63) is 51.5 Å². The zero-order valence-electron chi connectivity index (χ0n) is 12.9. The van der Waals surface area contributed by atoms with Gasteiger partial charge in [-0.05, 0) is 37.6 Å². The van der Waals surface area contributed by atoms with Crippen molar-refractivity contribution in [2.45, 2.75) is 33.3 Å². The Kier molecular flexibility index (Phi) is 6.86. The number of benzene rings is 1. The van der Waals surface area contributed by atoms with Gasteiger partial charge in [0, 0.05) is 11.3 Å². The Morgan fingerprint density at radius 2 is 1.90 bits per heavy atom. The van der Waals surface area contributed by atoms with E-state index in [4.69, 9.17) is 4.74 Å². The highest BCUT2D eigenvalue weighted by molar-refractivity contribution is 7.09. The summed E-state index contributed by atoms with van der Waals surface area (Å²) in [6.07, 6.45) is 2.04. The van der Waals surface area contributed by atoms with E-state index in [2.05, 4.69) is 48.4 Å². The van der Waals surface area contributed by atoms with Crippen LogP contribution in [0.1, 0.15) is 28.6 Å². The highest BCUT2D eigenvalue weighted by Crippen LogP contribution is 2.13. The SMILES string of the molecule is CCNCCc1ccc(COCCc2scnc2C)cc1. The van der Waals surface area contributed by atoms with E-state index in [1.54, 1.807) is 11.3 Å². The Labute approximate surface area is 131 Å². The van der Waals surface area contributed by atoms with Crippen LogP contribution in [0.5, 0.6) is 0 Å². The maximum Gasteiger partial charge on any atom is 0.0797 e. The standard InChI is InChI=1S/C17H24N2OS/c1-3-18-10-8-15-4-6-16(7-5-15)12-20-11-9-17-14(2)19-13-21-17/h4-7,13,18H,3,8-12H2,1-2H3. The molecule has 0 spiro atoms. The molecule has 2 aromatic rings. The van der Waals surface area contributed by atoms with Crippen LogP contribution < -0.4 is 5.32 Å². The number of rotatable bonds is 9. The zero-order valence-corrected chi connectivity index (χ0v) is 13.7. The highest BCUT2D eigenvalue weighted by atomic mass is 32.1. The van der Waals surface area contributed by atoms with Crippen LogP contribution in [0.4, 0.5) is 0 Å². The number of aryl methyl sites for hydroxylation is 1. The molecule has 0 saturated carbocycles. The van der Waals surface area contributed by atoms with Crippen LogP contribution in [-0.4, -0.2) is 24.7 Å². The molecule has 1 N–H and O–H groups in total. The minimum absolute atomic E-state index is 0.686. The van der Waals surface area contributed by atoms with Gasteiger partial charge in [0.25, 0.3) is 0 Å². The van der Waals surface area contributed by atoms with Crippen molar-refractivity contribution in [2.24, 2.45) is 0 Å². The molecule has 0 aliphatic rings. The summed E-state index contributed by atoms with van der Waals surface area (Å²) in [5.74, 6) is 0. The first-order valence-corrected chi connectivity index (χ1v) is 8.42. The molecule has 0 bridgehead atoms. The van der Waals surface area contributed by atoms with Crippen LogP contribution in [0.15, 0.2) is 29.8 Å². The van der Waals surface area contributed by atoms with E-state index in [1.807, 2.05) is 5.51 Å². The third-order valence-corrected chi connectivity index (χ3v) is 4.45. The lowest BCUT2D eigenvalue weighted by molar-refractivity contribution is 0.124. The summed E-state index contributed by atoms with van der Waals surface area (Å²) in [5.41, 5.74) is 5.65. The fraction of sp³-hybridized carbons (Fsp3) is 0.471. The second-order valence-corrected chi connectivity index (χ2v) is 6.02. The van der Waals surface area contributed by atoms with Crippen LogP contribution in [0, 0.1) is 6.92 Å². The largest absolute Gasteiger partial charge is 0.376 e. The quantitative estimate of drug-likeness (QED) is 0.721. The van der Waals surface area contributed by atoms with E-state index >= 15 is 0 Å². The van der Waals surface area contributed by atoms with Gasteiger partial charge in [0.1, 0.15) is 0 Å². The van der Waals surface area contributed by atoms with E-state index in [9.17, 15) is 0 Å². The maximum atomic E-state index is 5.75. The lowest BCUT2D eigenvalue weighted by Gasteiger charge is -2.06. The minimum Gasteiger partial charge on any atom is -0.376 e. The van der Waals surface area contributed by atoms with Crippen molar-refractivity contribution in [3.8, 4) is 0 Å². The predicted molar refractivity (Wildman–Crippen MR) is 88.9 cm³/mol. The van der Waals surface area contributed by atoms with Crippen molar-refractivity contribution in [1.82, 2.24) is 10.3 Å². The van der Waals surface area contributed by atoms with Gasteiger partial charge in [-0.15, -0.1) is 11.3 Å². The number of hydrogen-bond acceptors (Lipinski definition) is 4. The molecule has 0 fully saturated rings. The molecule has 0 aliphatic carbocycles. The first-order valence-electron chi connectivity index (χ1n) is 7.55. The Morgan fingerprint density at radius 3 is 2.57 bits per heavy atom. The van der Waals surface area contributed by atoms with Crippen molar-refractivity contribution in [2.75, 3.05) is 19.7 Å². The molecule has 4 heteroatoms. The molecule has 0 unspecified atom stereocenters. The Bertz CT molecular complexity index is 522. The van der Waals surface area contributed by atoms with Gasteiger partial charge in [0.05, 0.1) is 24.4 Å². The lowest BCUT2D eigenvalue weighted by atomic mass is 10.1. The van der Waals surface area contributed by atoms with Gasteiger partial charge in [0.2, 0.25) is 0 Å². The van der Waals surface area contributed by atoms with Gasteiger partial charge in [-0.25, -0.2) is 4.98 Å². The normalized spacial score (nSPS) is 11.0. The fourth-order valence-electron chi connectivity index (χ4n) is 2.13. The molecule has 2 rings (SSSR count). The molecule has 0 amide bonds. The van der Waals surface area contributed by atoms with E-state index in [0.29, 0.717) is 6.61 Å². The van der Waals surface area contributed by atoms with E-state index in [1.165, 1.54) is 16.0 Å². The average molecular weight is 304 g/mol. The third-order valence-electron chi connectivity index (χ3n) is 3.45. The van der Waals surface area contributed by atoms with Crippen molar-refractivity contribution in [1.29, 1.82) is 0 Å². The van der Waals surface area contributed by atoms with Crippen LogP contribution >= 0.6 is 11.3 Å². The molecule has 1 aromatic heterocycles. The number of hydrogen-bond donors (Lipinski definition) is 1. The number of aromatic nitrogens is 1.